The van der Waals surface area contributed by atoms with Crippen molar-refractivity contribution >= 4 is 21.6 Å². The molecule has 0 atom stereocenters. The van der Waals surface area contributed by atoms with E-state index in [-0.39, 0.29) is 0 Å². The number of fused-ring (bicyclic) bond motifs is 1. The number of aryl methyl sites for hydroxylation is 1. The number of benzene rings is 3. The molecule has 0 aliphatic carbocycles. The normalized spacial score (nSPS) is 11.0. The van der Waals surface area contributed by atoms with Gasteiger partial charge in [0.15, 0.2) is 6.54 Å². The van der Waals surface area contributed by atoms with Crippen LogP contribution in [0, 0.1) is 6.92 Å². The van der Waals surface area contributed by atoms with Gasteiger partial charge in [-0.25, -0.2) is 0 Å². The molecule has 0 saturated heterocycles. The molecule has 4 rings (SSSR count). The SMILES string of the molecule is Cc1ccc(-c2sc3ccccc3[n+]2Cc2ccccc2)cc1. The van der Waals surface area contributed by atoms with E-state index in [9.17, 15) is 0 Å². The van der Waals surface area contributed by atoms with E-state index in [2.05, 4.69) is 90.4 Å². The number of para-hydroxylation sites is 1. The lowest BCUT2D eigenvalue weighted by molar-refractivity contribution is -0.647. The van der Waals surface area contributed by atoms with Gasteiger partial charge in [-0.2, -0.15) is 4.57 Å². The quantitative estimate of drug-likeness (QED) is 0.457. The number of hydrogen-bond donors (Lipinski definition) is 0. The third-order valence-corrected chi connectivity index (χ3v) is 5.30. The highest BCUT2D eigenvalue weighted by atomic mass is 32.1. The third-order valence-electron chi connectivity index (χ3n) is 4.09. The topological polar surface area (TPSA) is 3.88 Å². The Kier molecular flexibility index (Phi) is 3.68. The van der Waals surface area contributed by atoms with Gasteiger partial charge in [0.05, 0.1) is 5.56 Å². The van der Waals surface area contributed by atoms with Gasteiger partial charge in [0, 0.05) is 11.6 Å². The maximum Gasteiger partial charge on any atom is 0.270 e. The second-order valence-corrected chi connectivity index (χ2v) is 6.84. The monoisotopic (exact) mass is 316 g/mol. The summed E-state index contributed by atoms with van der Waals surface area (Å²) in [6.07, 6.45) is 0. The molecular formula is C21H18NS+. The van der Waals surface area contributed by atoms with Crippen molar-refractivity contribution in [2.24, 2.45) is 0 Å². The van der Waals surface area contributed by atoms with Crippen molar-refractivity contribution in [2.75, 3.05) is 0 Å². The zero-order chi connectivity index (χ0) is 15.6. The smallest absolute Gasteiger partial charge is 0.177 e. The summed E-state index contributed by atoms with van der Waals surface area (Å²) >= 11 is 1.87. The number of hydrogen-bond acceptors (Lipinski definition) is 1. The van der Waals surface area contributed by atoms with Crippen LogP contribution in [0.3, 0.4) is 0 Å². The Morgan fingerprint density at radius 3 is 2.26 bits per heavy atom. The standard InChI is InChI=1S/C21H18NS/c1-16-11-13-18(14-12-16)21-22(15-17-7-3-2-4-8-17)19-9-5-6-10-20(19)23-21/h2-14H,15H2,1H3/q+1. The fraction of sp³-hybridized carbons (Fsp3) is 0.0952. The second kappa shape index (κ2) is 5.98. The molecule has 1 heterocycles. The van der Waals surface area contributed by atoms with E-state index in [1.807, 2.05) is 11.3 Å². The molecule has 0 amide bonds. The highest BCUT2D eigenvalue weighted by Crippen LogP contribution is 2.29. The molecule has 3 aromatic carbocycles. The third kappa shape index (κ3) is 2.78. The van der Waals surface area contributed by atoms with Crippen molar-refractivity contribution in [3.63, 3.8) is 0 Å². The first-order chi connectivity index (χ1) is 11.3. The van der Waals surface area contributed by atoms with Crippen LogP contribution in [0.25, 0.3) is 20.8 Å². The summed E-state index contributed by atoms with van der Waals surface area (Å²) in [7, 11) is 0. The average molecular weight is 316 g/mol. The minimum Gasteiger partial charge on any atom is -0.177 e. The predicted molar refractivity (Wildman–Crippen MR) is 97.7 cm³/mol. The molecule has 1 aromatic heterocycles. The van der Waals surface area contributed by atoms with Gasteiger partial charge in [-0.15, -0.1) is 0 Å². The molecule has 0 unspecified atom stereocenters. The van der Waals surface area contributed by atoms with Crippen LogP contribution in [-0.2, 0) is 6.54 Å². The van der Waals surface area contributed by atoms with E-state index in [0.717, 1.165) is 6.54 Å². The fourth-order valence-electron chi connectivity index (χ4n) is 2.87. The van der Waals surface area contributed by atoms with Gasteiger partial charge in [-0.05, 0) is 25.1 Å². The van der Waals surface area contributed by atoms with Crippen molar-refractivity contribution in [2.45, 2.75) is 13.5 Å². The molecule has 0 N–H and O–H groups in total. The molecule has 112 valence electrons. The van der Waals surface area contributed by atoms with E-state index in [1.54, 1.807) is 0 Å². The largest absolute Gasteiger partial charge is 0.270 e. The Hall–Kier alpha value is -2.45. The molecule has 0 aliphatic rings. The maximum atomic E-state index is 2.43. The van der Waals surface area contributed by atoms with Crippen LogP contribution < -0.4 is 4.57 Å². The van der Waals surface area contributed by atoms with Crippen molar-refractivity contribution < 1.29 is 4.57 Å². The number of nitrogens with zero attached hydrogens (tertiary/aromatic N) is 1. The Labute approximate surface area is 140 Å². The van der Waals surface area contributed by atoms with Crippen molar-refractivity contribution in [3.8, 4) is 10.6 Å². The van der Waals surface area contributed by atoms with Crippen LogP contribution in [0.4, 0.5) is 0 Å². The summed E-state index contributed by atoms with van der Waals surface area (Å²) in [5.74, 6) is 0. The number of thiazole rings is 1. The molecule has 0 aliphatic heterocycles. The van der Waals surface area contributed by atoms with Gasteiger partial charge in [-0.3, -0.25) is 0 Å². The Bertz CT molecular complexity index is 937. The van der Waals surface area contributed by atoms with Crippen LogP contribution in [0.2, 0.25) is 0 Å². The average Bonchev–Trinajstić information content (AvgIpc) is 2.95. The van der Waals surface area contributed by atoms with Gasteiger partial charge >= 0.3 is 0 Å². The molecule has 0 bridgehead atoms. The van der Waals surface area contributed by atoms with Crippen LogP contribution >= 0.6 is 11.3 Å². The molecule has 0 spiro atoms. The van der Waals surface area contributed by atoms with Crippen molar-refractivity contribution in [1.82, 2.24) is 0 Å². The summed E-state index contributed by atoms with van der Waals surface area (Å²) in [5, 5.41) is 1.31. The first-order valence-corrected chi connectivity index (χ1v) is 8.65. The minimum absolute atomic E-state index is 0.897. The van der Waals surface area contributed by atoms with Gasteiger partial charge in [-0.1, -0.05) is 71.5 Å². The molecule has 1 nitrogen and oxygen atoms in total. The zero-order valence-electron chi connectivity index (χ0n) is 13.1. The van der Waals surface area contributed by atoms with Crippen LogP contribution in [-0.4, -0.2) is 0 Å². The van der Waals surface area contributed by atoms with Crippen molar-refractivity contribution in [1.29, 1.82) is 0 Å². The van der Waals surface area contributed by atoms with Gasteiger partial charge in [0.2, 0.25) is 5.52 Å². The summed E-state index contributed by atoms with van der Waals surface area (Å²) in [4.78, 5) is 0. The van der Waals surface area contributed by atoms with E-state index >= 15 is 0 Å². The zero-order valence-corrected chi connectivity index (χ0v) is 13.9. The number of aromatic nitrogens is 1. The molecular weight excluding hydrogens is 298 g/mol. The first kappa shape index (κ1) is 14.2. The predicted octanol–water partition coefficient (Wildman–Crippen LogP) is 5.21. The van der Waals surface area contributed by atoms with Crippen LogP contribution in [0.1, 0.15) is 11.1 Å². The summed E-state index contributed by atoms with van der Waals surface area (Å²) in [5.41, 5.74) is 5.21. The Morgan fingerprint density at radius 2 is 1.48 bits per heavy atom. The van der Waals surface area contributed by atoms with E-state index in [4.69, 9.17) is 0 Å². The lowest BCUT2D eigenvalue weighted by atomic mass is 10.1. The molecule has 0 fully saturated rings. The summed E-state index contributed by atoms with van der Waals surface area (Å²) < 4.78 is 3.76. The Balaban J connectivity index is 1.89. The second-order valence-electron chi connectivity index (χ2n) is 5.81. The fourth-order valence-corrected chi connectivity index (χ4v) is 4.03. The molecule has 23 heavy (non-hydrogen) atoms. The van der Waals surface area contributed by atoms with E-state index in [0.29, 0.717) is 0 Å². The number of rotatable bonds is 3. The Morgan fingerprint density at radius 1 is 0.783 bits per heavy atom. The highest BCUT2D eigenvalue weighted by Gasteiger charge is 2.21. The molecule has 0 radical (unpaired) electrons. The summed E-state index contributed by atoms with van der Waals surface area (Å²) in [6, 6.07) is 28.2. The molecule has 0 saturated carbocycles. The van der Waals surface area contributed by atoms with E-state index < -0.39 is 0 Å². The first-order valence-electron chi connectivity index (χ1n) is 7.83. The summed E-state index contributed by atoms with van der Waals surface area (Å²) in [6.45, 7) is 3.03. The molecule has 4 aromatic rings. The van der Waals surface area contributed by atoms with Crippen LogP contribution in [0.5, 0.6) is 0 Å². The lowest BCUT2D eigenvalue weighted by Gasteiger charge is -2.01. The minimum atomic E-state index is 0.897. The lowest BCUT2D eigenvalue weighted by Crippen LogP contribution is -2.34. The van der Waals surface area contributed by atoms with Crippen molar-refractivity contribution in [3.05, 3.63) is 90.0 Å². The van der Waals surface area contributed by atoms with E-state index in [1.165, 1.54) is 31.9 Å². The highest BCUT2D eigenvalue weighted by molar-refractivity contribution is 7.21. The van der Waals surface area contributed by atoms with Crippen LogP contribution in [0.15, 0.2) is 78.9 Å². The molecule has 2 heteroatoms. The maximum absolute atomic E-state index is 2.43. The van der Waals surface area contributed by atoms with Gasteiger partial charge in [0.25, 0.3) is 5.01 Å². The van der Waals surface area contributed by atoms with Gasteiger partial charge in [0.1, 0.15) is 4.70 Å². The van der Waals surface area contributed by atoms with Gasteiger partial charge < -0.3 is 0 Å².